The first-order valence-corrected chi connectivity index (χ1v) is 7.65. The van der Waals surface area contributed by atoms with Gasteiger partial charge < -0.3 is 9.26 Å². The third kappa shape index (κ3) is 4.73. The minimum atomic E-state index is -0.0803. The van der Waals surface area contributed by atoms with Crippen LogP contribution < -0.4 is 0 Å². The molecule has 20 heavy (non-hydrogen) atoms. The van der Waals surface area contributed by atoms with Gasteiger partial charge in [-0.15, -0.1) is 11.8 Å². The number of rotatable bonds is 7. The van der Waals surface area contributed by atoms with Gasteiger partial charge in [-0.05, 0) is 24.3 Å². The highest BCUT2D eigenvalue weighted by Gasteiger charge is 2.11. The number of nitrogens with zero attached hydrogens (tertiary/aromatic N) is 2. The second-order valence-electron chi connectivity index (χ2n) is 4.00. The topological polar surface area (TPSA) is 65.2 Å². The molecule has 2 rings (SSSR count). The lowest BCUT2D eigenvalue weighted by Crippen LogP contribution is -2.09. The van der Waals surface area contributed by atoms with Crippen molar-refractivity contribution in [3.63, 3.8) is 0 Å². The Morgan fingerprint density at radius 2 is 2.15 bits per heavy atom. The van der Waals surface area contributed by atoms with Crippen molar-refractivity contribution in [2.45, 2.75) is 17.1 Å². The van der Waals surface area contributed by atoms with E-state index in [0.29, 0.717) is 17.5 Å². The quantitative estimate of drug-likeness (QED) is 0.710. The van der Waals surface area contributed by atoms with E-state index in [-0.39, 0.29) is 18.8 Å². The molecule has 1 heterocycles. The molecule has 0 N–H and O–H groups in total. The highest BCUT2D eigenvalue weighted by atomic mass is 79.9. The zero-order valence-corrected chi connectivity index (χ0v) is 13.2. The van der Waals surface area contributed by atoms with Crippen LogP contribution in [-0.2, 0) is 21.7 Å². The molecular formula is C13H13BrN2O3S. The van der Waals surface area contributed by atoms with Gasteiger partial charge in [0.15, 0.2) is 11.6 Å². The van der Waals surface area contributed by atoms with Crippen LogP contribution >= 0.6 is 27.7 Å². The fraction of sp³-hybridized carbons (Fsp3) is 0.308. The lowest BCUT2D eigenvalue weighted by molar-refractivity contribution is -0.122. The zero-order chi connectivity index (χ0) is 14.4. The molecule has 2 aromatic rings. The second-order valence-corrected chi connectivity index (χ2v) is 5.96. The molecule has 1 aromatic heterocycles. The number of aromatic nitrogens is 2. The van der Waals surface area contributed by atoms with E-state index in [1.807, 2.05) is 24.3 Å². The summed E-state index contributed by atoms with van der Waals surface area (Å²) in [5, 5.41) is 3.85. The number of thioether (sulfide) groups is 1. The molecule has 106 valence electrons. The van der Waals surface area contributed by atoms with Crippen LogP contribution in [0.2, 0.25) is 0 Å². The molecule has 0 spiro atoms. The molecule has 0 aliphatic carbocycles. The summed E-state index contributed by atoms with van der Waals surface area (Å²) in [4.78, 5) is 16.7. The maximum atomic E-state index is 11.4. The standard InChI is InChI=1S/C13H13BrN2O3S/c1-18-7-10(17)6-13-15-12(16-19-13)8-20-11-4-2-9(14)3-5-11/h2-5H,6-8H2,1H3. The Hall–Kier alpha value is -1.18. The second kappa shape index (κ2) is 7.56. The van der Waals surface area contributed by atoms with Crippen LogP contribution in [0.1, 0.15) is 11.7 Å². The third-order valence-corrected chi connectivity index (χ3v) is 3.88. The van der Waals surface area contributed by atoms with Crippen LogP contribution in [0.3, 0.4) is 0 Å². The first-order chi connectivity index (χ1) is 9.67. The Morgan fingerprint density at radius 1 is 1.40 bits per heavy atom. The van der Waals surface area contributed by atoms with Crippen LogP contribution in [0, 0.1) is 0 Å². The maximum absolute atomic E-state index is 11.4. The summed E-state index contributed by atoms with van der Waals surface area (Å²) >= 11 is 5.00. The molecule has 0 saturated heterocycles. The van der Waals surface area contributed by atoms with Crippen molar-refractivity contribution in [3.05, 3.63) is 40.5 Å². The molecule has 0 bridgehead atoms. The van der Waals surface area contributed by atoms with E-state index in [0.717, 1.165) is 9.37 Å². The molecule has 0 atom stereocenters. The van der Waals surface area contributed by atoms with Crippen molar-refractivity contribution in [3.8, 4) is 0 Å². The predicted molar refractivity (Wildman–Crippen MR) is 78.6 cm³/mol. The molecular weight excluding hydrogens is 344 g/mol. The largest absolute Gasteiger partial charge is 0.377 e. The van der Waals surface area contributed by atoms with E-state index < -0.39 is 0 Å². The SMILES string of the molecule is COCC(=O)Cc1nc(CSc2ccc(Br)cc2)no1. The summed E-state index contributed by atoms with van der Waals surface area (Å²) < 4.78 is 10.8. The predicted octanol–water partition coefficient (Wildman–Crippen LogP) is 2.88. The first-order valence-electron chi connectivity index (χ1n) is 5.88. The Bertz CT molecular complexity index is 571. The molecule has 5 nitrogen and oxygen atoms in total. The number of hydrogen-bond donors (Lipinski definition) is 0. The lowest BCUT2D eigenvalue weighted by Gasteiger charge is -1.98. The van der Waals surface area contributed by atoms with Crippen molar-refractivity contribution in [2.75, 3.05) is 13.7 Å². The first kappa shape index (κ1) is 15.2. The molecule has 0 amide bonds. The molecule has 0 aliphatic heterocycles. The van der Waals surface area contributed by atoms with E-state index in [4.69, 9.17) is 9.26 Å². The van der Waals surface area contributed by atoms with Crippen molar-refractivity contribution in [1.82, 2.24) is 10.1 Å². The van der Waals surface area contributed by atoms with Crippen molar-refractivity contribution in [1.29, 1.82) is 0 Å². The highest BCUT2D eigenvalue weighted by molar-refractivity contribution is 9.10. The summed E-state index contributed by atoms with van der Waals surface area (Å²) in [5.74, 6) is 1.43. The average molecular weight is 357 g/mol. The van der Waals surface area contributed by atoms with Gasteiger partial charge >= 0.3 is 0 Å². The van der Waals surface area contributed by atoms with Gasteiger partial charge in [-0.1, -0.05) is 21.1 Å². The number of hydrogen-bond acceptors (Lipinski definition) is 6. The van der Waals surface area contributed by atoms with Crippen LogP contribution in [0.25, 0.3) is 0 Å². The highest BCUT2D eigenvalue weighted by Crippen LogP contribution is 2.23. The fourth-order valence-electron chi connectivity index (χ4n) is 1.48. The maximum Gasteiger partial charge on any atom is 0.234 e. The Kier molecular flexibility index (Phi) is 5.75. The lowest BCUT2D eigenvalue weighted by atomic mass is 10.3. The van der Waals surface area contributed by atoms with Crippen LogP contribution in [0.15, 0.2) is 38.2 Å². The smallest absolute Gasteiger partial charge is 0.234 e. The molecule has 0 radical (unpaired) electrons. The molecule has 0 saturated carbocycles. The Balaban J connectivity index is 1.86. The van der Waals surface area contributed by atoms with Gasteiger partial charge in [0, 0.05) is 16.5 Å². The van der Waals surface area contributed by atoms with E-state index in [2.05, 4.69) is 26.1 Å². The molecule has 1 aromatic carbocycles. The molecule has 0 unspecified atom stereocenters. The number of ether oxygens (including phenoxy) is 1. The van der Waals surface area contributed by atoms with Crippen LogP contribution in [-0.4, -0.2) is 29.6 Å². The molecule has 0 aliphatic rings. The van der Waals surface area contributed by atoms with E-state index >= 15 is 0 Å². The van der Waals surface area contributed by atoms with Gasteiger partial charge in [0.25, 0.3) is 0 Å². The molecule has 7 heteroatoms. The summed E-state index contributed by atoms with van der Waals surface area (Å²) in [7, 11) is 1.48. The number of carbonyl (C=O) groups excluding carboxylic acids is 1. The number of Topliss-reactive ketones (excluding diaryl/α,β-unsaturated/α-hetero) is 1. The van der Waals surface area contributed by atoms with E-state index in [1.54, 1.807) is 11.8 Å². The Morgan fingerprint density at radius 3 is 2.85 bits per heavy atom. The number of benzene rings is 1. The number of carbonyl (C=O) groups is 1. The number of halogens is 1. The van der Waals surface area contributed by atoms with Crippen molar-refractivity contribution in [2.24, 2.45) is 0 Å². The van der Waals surface area contributed by atoms with Crippen LogP contribution in [0.5, 0.6) is 0 Å². The number of methoxy groups -OCH3 is 1. The minimum Gasteiger partial charge on any atom is -0.377 e. The van der Waals surface area contributed by atoms with Gasteiger partial charge in [-0.25, -0.2) is 0 Å². The third-order valence-electron chi connectivity index (χ3n) is 2.35. The molecule has 0 fully saturated rings. The van der Waals surface area contributed by atoms with Gasteiger partial charge in [0.2, 0.25) is 5.89 Å². The normalized spacial score (nSPS) is 10.7. The average Bonchev–Trinajstić information content (AvgIpc) is 2.86. The van der Waals surface area contributed by atoms with E-state index in [1.165, 1.54) is 7.11 Å². The fourth-order valence-corrected chi connectivity index (χ4v) is 2.49. The van der Waals surface area contributed by atoms with Gasteiger partial charge in [-0.2, -0.15) is 4.98 Å². The summed E-state index contributed by atoms with van der Waals surface area (Å²) in [5.41, 5.74) is 0. The van der Waals surface area contributed by atoms with Crippen molar-refractivity contribution < 1.29 is 14.1 Å². The minimum absolute atomic E-state index is 0.0609. The van der Waals surface area contributed by atoms with Gasteiger partial charge in [0.1, 0.15) is 6.61 Å². The zero-order valence-electron chi connectivity index (χ0n) is 10.8. The van der Waals surface area contributed by atoms with Crippen LogP contribution in [0.4, 0.5) is 0 Å². The van der Waals surface area contributed by atoms with Gasteiger partial charge in [-0.3, -0.25) is 4.79 Å². The summed E-state index contributed by atoms with van der Waals surface area (Å²) in [6.07, 6.45) is 0.115. The Labute approximate surface area is 129 Å². The van der Waals surface area contributed by atoms with E-state index in [9.17, 15) is 4.79 Å². The van der Waals surface area contributed by atoms with Crippen molar-refractivity contribution >= 4 is 33.5 Å². The van der Waals surface area contributed by atoms with Gasteiger partial charge in [0.05, 0.1) is 12.2 Å². The number of ketones is 1. The summed E-state index contributed by atoms with van der Waals surface area (Å²) in [6, 6.07) is 7.98. The summed E-state index contributed by atoms with van der Waals surface area (Å²) in [6.45, 7) is 0.0609. The monoisotopic (exact) mass is 356 g/mol.